The minimum atomic E-state index is -5.01. The predicted molar refractivity (Wildman–Crippen MR) is 116 cm³/mol. The Morgan fingerprint density at radius 3 is 2.44 bits per heavy atom. The normalized spacial score (nSPS) is 14.7. The maximum Gasteiger partial charge on any atom is 0.573 e. The Bertz CT molecular complexity index is 1260. The fraction of sp³-hybridized carbons (Fsp3) is 0.350. The van der Waals surface area contributed by atoms with Gasteiger partial charge in [0.2, 0.25) is 5.91 Å². The maximum atomic E-state index is 13.2. The van der Waals surface area contributed by atoms with E-state index in [1.807, 2.05) is 0 Å². The minimum absolute atomic E-state index is 0.0145. The van der Waals surface area contributed by atoms with Gasteiger partial charge in [0.25, 0.3) is 11.8 Å². The zero-order valence-corrected chi connectivity index (χ0v) is 19.7. The van der Waals surface area contributed by atoms with Gasteiger partial charge in [-0.2, -0.15) is 0 Å². The smallest absolute Gasteiger partial charge is 0.490 e. The van der Waals surface area contributed by atoms with Crippen molar-refractivity contribution in [2.45, 2.75) is 26.3 Å². The van der Waals surface area contributed by atoms with Crippen molar-refractivity contribution < 1.29 is 45.4 Å². The lowest BCUT2D eigenvalue weighted by Gasteiger charge is -2.27. The van der Waals surface area contributed by atoms with Crippen LogP contribution in [0.4, 0.5) is 18.2 Å². The number of benzene rings is 1. The summed E-state index contributed by atoms with van der Waals surface area (Å²) >= 11 is 0.965. The average Bonchev–Trinajstić information content (AvgIpc) is 3.19. The van der Waals surface area contributed by atoms with Crippen molar-refractivity contribution in [2.75, 3.05) is 23.9 Å². The molecule has 0 saturated heterocycles. The number of ether oxygens (including phenoxy) is 2. The molecule has 0 radical (unpaired) electrons. The number of sulfone groups is 1. The molecule has 2 heterocycles. The molecule has 1 aromatic heterocycles. The molecule has 2 aromatic rings. The predicted octanol–water partition coefficient (Wildman–Crippen LogP) is 3.39. The maximum absolute atomic E-state index is 13.2. The molecule has 1 aliphatic heterocycles. The van der Waals surface area contributed by atoms with E-state index in [2.05, 4.69) is 10.1 Å². The molecule has 1 aromatic carbocycles. The first-order valence-electron chi connectivity index (χ1n) is 9.69. The van der Waals surface area contributed by atoms with Crippen molar-refractivity contribution in [3.05, 3.63) is 40.3 Å². The summed E-state index contributed by atoms with van der Waals surface area (Å²) in [5.41, 5.74) is -0.0509. The molecule has 0 spiro atoms. The lowest BCUT2D eigenvalue weighted by Crippen LogP contribution is -2.38. The van der Waals surface area contributed by atoms with Crippen molar-refractivity contribution >= 4 is 43.9 Å². The zero-order chi connectivity index (χ0) is 25.4. The van der Waals surface area contributed by atoms with E-state index in [-0.39, 0.29) is 34.0 Å². The summed E-state index contributed by atoms with van der Waals surface area (Å²) in [5, 5.41) is 3.95. The number of hydrogen-bond donors (Lipinski definition) is 1. The number of rotatable bonds is 8. The highest BCUT2D eigenvalue weighted by atomic mass is 32.2. The molecular formula is C20H19F3N2O7S2. The molecule has 34 heavy (non-hydrogen) atoms. The average molecular weight is 521 g/mol. The van der Waals surface area contributed by atoms with Crippen molar-refractivity contribution in [2.24, 2.45) is 0 Å². The third-order valence-electron chi connectivity index (χ3n) is 4.61. The molecule has 0 fully saturated rings. The van der Waals surface area contributed by atoms with Crippen LogP contribution in [-0.4, -0.2) is 56.0 Å². The monoisotopic (exact) mass is 520 g/mol. The highest BCUT2D eigenvalue weighted by Gasteiger charge is 2.44. The first-order chi connectivity index (χ1) is 15.7. The summed E-state index contributed by atoms with van der Waals surface area (Å²) in [6, 6.07) is 1.77. The number of amides is 3. The third-order valence-corrected chi connectivity index (χ3v) is 6.43. The number of nitrogens with zero attached hydrogens (tertiary/aromatic N) is 1. The van der Waals surface area contributed by atoms with Gasteiger partial charge in [-0.05, 0) is 24.6 Å². The van der Waals surface area contributed by atoms with E-state index in [0.717, 1.165) is 40.7 Å². The molecule has 1 N–H and O–H groups in total. The number of fused-ring (bicyclic) bond motifs is 1. The first-order valence-corrected chi connectivity index (χ1v) is 12.6. The molecule has 14 heteroatoms. The molecule has 0 aliphatic carbocycles. The number of anilines is 1. The molecule has 1 aliphatic rings. The molecule has 1 atom stereocenters. The highest BCUT2D eigenvalue weighted by Crippen LogP contribution is 2.41. The van der Waals surface area contributed by atoms with E-state index in [9.17, 15) is 36.0 Å². The molecule has 3 rings (SSSR count). The summed E-state index contributed by atoms with van der Waals surface area (Å²) in [4.78, 5) is 38.4. The molecule has 3 amide bonds. The van der Waals surface area contributed by atoms with Crippen LogP contribution in [-0.2, 0) is 14.6 Å². The van der Waals surface area contributed by atoms with E-state index >= 15 is 0 Å². The SMILES string of the molecule is CCOc1cc([C@@H](CS(C)(=O)=O)N2C(=O)c3csc(NC(C)=O)c3C2=O)ccc1OC(F)(F)F. The van der Waals surface area contributed by atoms with Gasteiger partial charge in [0, 0.05) is 18.6 Å². The number of hydrogen-bond acceptors (Lipinski definition) is 8. The van der Waals surface area contributed by atoms with Gasteiger partial charge in [-0.25, -0.2) is 8.42 Å². The molecule has 0 bridgehead atoms. The number of imide groups is 1. The number of carbonyl (C=O) groups excluding carboxylic acids is 3. The number of alkyl halides is 3. The van der Waals surface area contributed by atoms with E-state index in [0.29, 0.717) is 0 Å². The Morgan fingerprint density at radius 1 is 1.21 bits per heavy atom. The van der Waals surface area contributed by atoms with Crippen molar-refractivity contribution in [1.29, 1.82) is 0 Å². The van der Waals surface area contributed by atoms with Crippen molar-refractivity contribution in [1.82, 2.24) is 4.90 Å². The second kappa shape index (κ2) is 9.25. The number of thiophene rings is 1. The van der Waals surface area contributed by atoms with Crippen LogP contribution in [0.5, 0.6) is 11.5 Å². The lowest BCUT2D eigenvalue weighted by atomic mass is 10.1. The molecule has 0 saturated carbocycles. The second-order valence-corrected chi connectivity index (χ2v) is 10.4. The van der Waals surface area contributed by atoms with Gasteiger partial charge in [0.15, 0.2) is 11.5 Å². The Hall–Kier alpha value is -3.13. The van der Waals surface area contributed by atoms with Crippen LogP contribution < -0.4 is 14.8 Å². The Balaban J connectivity index is 2.09. The Morgan fingerprint density at radius 2 is 1.88 bits per heavy atom. The standard InChI is InChI=1S/C20H19F3N2O7S2/c1-4-31-15-7-11(5-6-14(15)32-20(21,22)23)13(9-34(3,29)30)25-18(27)12-8-33-17(24-10(2)26)16(12)19(25)28/h5-8,13H,4,9H2,1-3H3,(H,24,26)/t13-/m1/s1. The van der Waals surface area contributed by atoms with E-state index in [1.54, 1.807) is 0 Å². The molecule has 0 unspecified atom stereocenters. The quantitative estimate of drug-likeness (QED) is 0.530. The number of nitrogens with one attached hydrogen (secondary N) is 1. The Kier molecular flexibility index (Phi) is 6.94. The number of halogens is 3. The Labute approximate surface area is 196 Å². The van der Waals surface area contributed by atoms with E-state index < -0.39 is 51.5 Å². The van der Waals surface area contributed by atoms with Gasteiger partial charge in [-0.3, -0.25) is 19.3 Å². The summed E-state index contributed by atoms with van der Waals surface area (Å²) in [7, 11) is -3.78. The van der Waals surface area contributed by atoms with Crippen LogP contribution in [0.1, 0.15) is 46.2 Å². The van der Waals surface area contributed by atoms with Gasteiger partial charge in [-0.15, -0.1) is 24.5 Å². The fourth-order valence-corrected chi connectivity index (χ4v) is 5.31. The van der Waals surface area contributed by atoms with Crippen LogP contribution >= 0.6 is 11.3 Å². The summed E-state index contributed by atoms with van der Waals surface area (Å²) in [5.74, 6) is -3.82. The summed E-state index contributed by atoms with van der Waals surface area (Å²) in [6.45, 7) is 2.71. The lowest BCUT2D eigenvalue weighted by molar-refractivity contribution is -0.275. The molecular weight excluding hydrogens is 501 g/mol. The molecule has 184 valence electrons. The molecule has 9 nitrogen and oxygen atoms in total. The summed E-state index contributed by atoms with van der Waals surface area (Å²) < 4.78 is 71.8. The second-order valence-electron chi connectivity index (χ2n) is 7.31. The van der Waals surface area contributed by atoms with Crippen LogP contribution in [0.25, 0.3) is 0 Å². The fourth-order valence-electron chi connectivity index (χ4n) is 3.42. The van der Waals surface area contributed by atoms with E-state index in [1.165, 1.54) is 19.2 Å². The van der Waals surface area contributed by atoms with Gasteiger partial charge in [0.1, 0.15) is 14.8 Å². The third kappa shape index (κ3) is 5.50. The van der Waals surface area contributed by atoms with Gasteiger partial charge in [-0.1, -0.05) is 6.07 Å². The number of carbonyl (C=O) groups is 3. The largest absolute Gasteiger partial charge is 0.573 e. The highest BCUT2D eigenvalue weighted by molar-refractivity contribution is 7.90. The van der Waals surface area contributed by atoms with Gasteiger partial charge >= 0.3 is 6.36 Å². The van der Waals surface area contributed by atoms with Crippen molar-refractivity contribution in [3.63, 3.8) is 0 Å². The van der Waals surface area contributed by atoms with Gasteiger partial charge in [0.05, 0.1) is 29.5 Å². The summed E-state index contributed by atoms with van der Waals surface area (Å²) in [6.07, 6.45) is -4.11. The van der Waals surface area contributed by atoms with Crippen LogP contribution in [0.2, 0.25) is 0 Å². The van der Waals surface area contributed by atoms with Crippen molar-refractivity contribution in [3.8, 4) is 11.5 Å². The van der Waals surface area contributed by atoms with E-state index in [4.69, 9.17) is 4.74 Å². The van der Waals surface area contributed by atoms with Crippen LogP contribution in [0, 0.1) is 0 Å². The first kappa shape index (κ1) is 25.5. The zero-order valence-electron chi connectivity index (χ0n) is 18.1. The minimum Gasteiger partial charge on any atom is -0.490 e. The van der Waals surface area contributed by atoms with Gasteiger partial charge < -0.3 is 14.8 Å². The van der Waals surface area contributed by atoms with Crippen LogP contribution in [0.15, 0.2) is 23.6 Å². The topological polar surface area (TPSA) is 119 Å². The van der Waals surface area contributed by atoms with Crippen LogP contribution in [0.3, 0.4) is 0 Å².